The summed E-state index contributed by atoms with van der Waals surface area (Å²) in [6, 6.07) is 17.3. The highest BCUT2D eigenvalue weighted by atomic mass is 19.1. The Bertz CT molecular complexity index is 1570. The predicted molar refractivity (Wildman–Crippen MR) is 162 cm³/mol. The molecule has 2 unspecified atom stereocenters. The fourth-order valence-electron chi connectivity index (χ4n) is 5.70. The van der Waals surface area contributed by atoms with Crippen molar-refractivity contribution in [1.82, 2.24) is 14.7 Å². The summed E-state index contributed by atoms with van der Waals surface area (Å²) >= 11 is 0. The predicted octanol–water partition coefficient (Wildman–Crippen LogP) is 4.62. The highest BCUT2D eigenvalue weighted by molar-refractivity contribution is 5.83. The molecule has 1 fully saturated rings. The summed E-state index contributed by atoms with van der Waals surface area (Å²) in [5.74, 6) is 1.64. The number of benzene rings is 3. The monoisotopic (exact) mass is 591 g/mol. The van der Waals surface area contributed by atoms with Gasteiger partial charge in [0.1, 0.15) is 24.3 Å². The lowest BCUT2D eigenvalue weighted by molar-refractivity contribution is 0.0687. The van der Waals surface area contributed by atoms with Crippen molar-refractivity contribution in [3.05, 3.63) is 88.1 Å². The van der Waals surface area contributed by atoms with Gasteiger partial charge < -0.3 is 29.0 Å². The van der Waals surface area contributed by atoms with Gasteiger partial charge in [0.15, 0.2) is 11.5 Å². The first kappa shape index (κ1) is 30.3. The van der Waals surface area contributed by atoms with Crippen molar-refractivity contribution in [3.8, 4) is 23.0 Å². The Kier molecular flexibility index (Phi) is 9.79. The standard InChI is InChI=1S/C33H38FN3O6/c1-40-30-18-26(19-31(41-2)32(30)42-3)43-21-25(38)20-36-15-6-7-24(14-16-36)37-33(39)28-9-5-4-8-27(28)29(35-37)17-22-10-12-23(34)13-11-22/h4-5,8-13,18-19,24-25,38H,6-7,14-17,20-21H2,1-3H3. The second-order valence-electron chi connectivity index (χ2n) is 10.8. The number of halogens is 1. The van der Waals surface area contributed by atoms with Crippen LogP contribution in [0.5, 0.6) is 23.0 Å². The van der Waals surface area contributed by atoms with E-state index >= 15 is 0 Å². The van der Waals surface area contributed by atoms with Crippen LogP contribution in [0.3, 0.4) is 0 Å². The van der Waals surface area contributed by atoms with E-state index in [-0.39, 0.29) is 24.0 Å². The number of β-amino-alcohol motifs (C(OH)–C–C–N with tert-alkyl or cyclic N) is 1. The number of aliphatic hydroxyl groups excluding tert-OH is 1. The van der Waals surface area contributed by atoms with Crippen molar-refractivity contribution in [2.75, 3.05) is 47.6 Å². The number of ether oxygens (including phenoxy) is 4. The molecule has 0 spiro atoms. The number of aromatic nitrogens is 2. The zero-order valence-electron chi connectivity index (χ0n) is 24.8. The molecule has 0 radical (unpaired) electrons. The van der Waals surface area contributed by atoms with Crippen LogP contribution in [0.15, 0.2) is 65.5 Å². The molecule has 2 atom stereocenters. The van der Waals surface area contributed by atoms with Crippen LogP contribution in [0, 0.1) is 5.82 Å². The molecule has 3 aromatic carbocycles. The first-order valence-electron chi connectivity index (χ1n) is 14.5. The minimum Gasteiger partial charge on any atom is -0.493 e. The average Bonchev–Trinajstić information content (AvgIpc) is 3.27. The largest absolute Gasteiger partial charge is 0.493 e. The van der Waals surface area contributed by atoms with Crippen molar-refractivity contribution in [2.24, 2.45) is 0 Å². The van der Waals surface area contributed by atoms with Crippen LogP contribution in [-0.2, 0) is 6.42 Å². The van der Waals surface area contributed by atoms with Gasteiger partial charge in [0.2, 0.25) is 5.75 Å². The van der Waals surface area contributed by atoms with E-state index in [2.05, 4.69) is 4.90 Å². The van der Waals surface area contributed by atoms with E-state index in [0.29, 0.717) is 47.9 Å². The van der Waals surface area contributed by atoms with Crippen LogP contribution in [0.1, 0.15) is 36.6 Å². The molecule has 9 nitrogen and oxygen atoms in total. The van der Waals surface area contributed by atoms with Gasteiger partial charge in [-0.3, -0.25) is 4.79 Å². The fraction of sp³-hybridized carbons (Fsp3) is 0.394. The number of hydrogen-bond donors (Lipinski definition) is 1. The van der Waals surface area contributed by atoms with Crippen LogP contribution in [0.4, 0.5) is 4.39 Å². The normalized spacial score (nSPS) is 16.4. The summed E-state index contributed by atoms with van der Waals surface area (Å²) in [4.78, 5) is 15.8. The zero-order chi connectivity index (χ0) is 30.3. The summed E-state index contributed by atoms with van der Waals surface area (Å²) in [6.45, 7) is 2.03. The smallest absolute Gasteiger partial charge is 0.274 e. The molecule has 43 heavy (non-hydrogen) atoms. The highest BCUT2D eigenvalue weighted by Crippen LogP contribution is 2.40. The summed E-state index contributed by atoms with van der Waals surface area (Å²) in [5, 5.41) is 17.1. The molecule has 1 N–H and O–H groups in total. The Morgan fingerprint density at radius 2 is 1.65 bits per heavy atom. The molecule has 0 bridgehead atoms. The fourth-order valence-corrected chi connectivity index (χ4v) is 5.70. The van der Waals surface area contributed by atoms with Gasteiger partial charge >= 0.3 is 0 Å². The van der Waals surface area contributed by atoms with Crippen LogP contribution in [0.2, 0.25) is 0 Å². The third-order valence-corrected chi connectivity index (χ3v) is 7.88. The molecular weight excluding hydrogens is 553 g/mol. The molecule has 2 heterocycles. The minimum absolute atomic E-state index is 0.0679. The van der Waals surface area contributed by atoms with Gasteiger partial charge in [-0.2, -0.15) is 5.10 Å². The average molecular weight is 592 g/mol. The molecular formula is C33H38FN3O6. The Labute approximate surface area is 250 Å². The lowest BCUT2D eigenvalue weighted by Crippen LogP contribution is -2.36. The summed E-state index contributed by atoms with van der Waals surface area (Å²) in [6.07, 6.45) is 2.16. The van der Waals surface area contributed by atoms with E-state index in [0.717, 1.165) is 42.5 Å². The van der Waals surface area contributed by atoms with Crippen LogP contribution in [-0.4, -0.2) is 73.5 Å². The van der Waals surface area contributed by atoms with Gasteiger partial charge in [0.25, 0.3) is 5.56 Å². The number of likely N-dealkylation sites (tertiary alicyclic amines) is 1. The number of hydrogen-bond acceptors (Lipinski definition) is 8. The van der Waals surface area contributed by atoms with Crippen molar-refractivity contribution < 1.29 is 28.4 Å². The summed E-state index contributed by atoms with van der Waals surface area (Å²) in [7, 11) is 4.61. The molecule has 0 aliphatic carbocycles. The van der Waals surface area contributed by atoms with E-state index in [1.807, 2.05) is 24.3 Å². The van der Waals surface area contributed by atoms with Gasteiger partial charge in [-0.1, -0.05) is 30.3 Å². The van der Waals surface area contributed by atoms with Crippen molar-refractivity contribution in [1.29, 1.82) is 0 Å². The third-order valence-electron chi connectivity index (χ3n) is 7.88. The lowest BCUT2D eigenvalue weighted by atomic mass is 10.0. The van der Waals surface area contributed by atoms with Crippen LogP contribution >= 0.6 is 0 Å². The number of nitrogens with zero attached hydrogens (tertiary/aromatic N) is 3. The number of fused-ring (bicyclic) bond motifs is 1. The van der Waals surface area contributed by atoms with Crippen molar-refractivity contribution >= 4 is 10.8 Å². The number of aliphatic hydroxyl groups is 1. The van der Waals surface area contributed by atoms with Gasteiger partial charge in [-0.15, -0.1) is 0 Å². The van der Waals surface area contributed by atoms with Gasteiger partial charge in [-0.05, 0) is 49.6 Å². The molecule has 1 saturated heterocycles. The molecule has 1 aliphatic heterocycles. The molecule has 228 valence electrons. The first-order chi connectivity index (χ1) is 20.9. The lowest BCUT2D eigenvalue weighted by Gasteiger charge is -2.24. The van der Waals surface area contributed by atoms with Crippen molar-refractivity contribution in [3.63, 3.8) is 0 Å². The van der Waals surface area contributed by atoms with E-state index in [1.165, 1.54) is 33.5 Å². The maximum Gasteiger partial charge on any atom is 0.274 e. The minimum atomic E-state index is -0.723. The van der Waals surface area contributed by atoms with Gasteiger partial charge in [-0.25, -0.2) is 9.07 Å². The zero-order valence-corrected chi connectivity index (χ0v) is 24.8. The number of rotatable bonds is 11. The van der Waals surface area contributed by atoms with E-state index < -0.39 is 6.10 Å². The van der Waals surface area contributed by atoms with Crippen LogP contribution in [0.25, 0.3) is 10.8 Å². The van der Waals surface area contributed by atoms with E-state index in [1.54, 1.807) is 28.9 Å². The molecule has 5 rings (SSSR count). The van der Waals surface area contributed by atoms with E-state index in [9.17, 15) is 14.3 Å². The second kappa shape index (κ2) is 13.9. The molecule has 1 aliphatic rings. The Balaban J connectivity index is 1.25. The quantitative estimate of drug-likeness (QED) is 0.270. The molecule has 0 amide bonds. The topological polar surface area (TPSA) is 95.3 Å². The molecule has 0 saturated carbocycles. The van der Waals surface area contributed by atoms with Gasteiger partial charge in [0.05, 0.1) is 38.5 Å². The van der Waals surface area contributed by atoms with Gasteiger partial charge in [0, 0.05) is 37.0 Å². The summed E-state index contributed by atoms with van der Waals surface area (Å²) in [5.41, 5.74) is 1.62. The maximum absolute atomic E-state index is 13.6. The number of methoxy groups -OCH3 is 3. The Hall–Kier alpha value is -4.15. The molecule has 4 aromatic rings. The Morgan fingerprint density at radius 1 is 0.953 bits per heavy atom. The van der Waals surface area contributed by atoms with Crippen LogP contribution < -0.4 is 24.5 Å². The second-order valence-corrected chi connectivity index (χ2v) is 10.8. The van der Waals surface area contributed by atoms with Crippen molar-refractivity contribution in [2.45, 2.75) is 37.8 Å². The van der Waals surface area contributed by atoms with E-state index in [4.69, 9.17) is 24.0 Å². The highest BCUT2D eigenvalue weighted by Gasteiger charge is 2.24. The Morgan fingerprint density at radius 3 is 2.33 bits per heavy atom. The molecule has 1 aromatic heterocycles. The first-order valence-corrected chi connectivity index (χ1v) is 14.5. The maximum atomic E-state index is 13.6. The summed E-state index contributed by atoms with van der Waals surface area (Å²) < 4.78 is 37.1. The SMILES string of the molecule is COc1cc(OCC(O)CN2CCCC(n3nc(Cc4ccc(F)cc4)c4ccccc4c3=O)CC2)cc(OC)c1OC. The molecule has 10 heteroatoms. The third kappa shape index (κ3) is 7.09.